The van der Waals surface area contributed by atoms with Gasteiger partial charge in [-0.1, -0.05) is 18.7 Å². The van der Waals surface area contributed by atoms with Crippen molar-refractivity contribution in [2.45, 2.75) is 116 Å². The fourth-order valence-corrected chi connectivity index (χ4v) is 4.69. The summed E-state index contributed by atoms with van der Waals surface area (Å²) in [5, 5.41) is 10.3. The normalized spacial score (nSPS) is 26.8. The largest absolute Gasteiger partial charge is 0.459 e. The number of halogens is 1. The van der Waals surface area contributed by atoms with Gasteiger partial charge >= 0.3 is 23.9 Å². The highest BCUT2D eigenvalue weighted by atomic mass is 35.5. The van der Waals surface area contributed by atoms with Crippen LogP contribution in [0.1, 0.15) is 75.2 Å². The van der Waals surface area contributed by atoms with Crippen molar-refractivity contribution in [2.24, 2.45) is 5.92 Å². The van der Waals surface area contributed by atoms with Crippen molar-refractivity contribution in [1.82, 2.24) is 0 Å². The summed E-state index contributed by atoms with van der Waals surface area (Å²) in [5.41, 5.74) is -1.91. The molecule has 0 aromatic carbocycles. The Morgan fingerprint density at radius 3 is 2.00 bits per heavy atom. The van der Waals surface area contributed by atoms with Crippen LogP contribution in [0.2, 0.25) is 0 Å². The molecule has 1 fully saturated rings. The Morgan fingerprint density at radius 2 is 1.54 bits per heavy atom. The lowest BCUT2D eigenvalue weighted by molar-refractivity contribution is -0.203. The minimum Gasteiger partial charge on any atom is -0.459 e. The van der Waals surface area contributed by atoms with Crippen LogP contribution in [0.3, 0.4) is 0 Å². The molecule has 0 aromatic rings. The van der Waals surface area contributed by atoms with Crippen molar-refractivity contribution in [3.63, 3.8) is 0 Å². The van der Waals surface area contributed by atoms with Gasteiger partial charge in [0.25, 0.3) is 0 Å². The van der Waals surface area contributed by atoms with Crippen LogP contribution in [0.5, 0.6) is 0 Å². The van der Waals surface area contributed by atoms with Gasteiger partial charge in [0.15, 0.2) is 6.10 Å². The third-order valence-corrected chi connectivity index (χ3v) is 8.21. The molecule has 0 spiro atoms. The molecule has 0 aromatic heterocycles. The second-order valence-corrected chi connectivity index (χ2v) is 11.5. The van der Waals surface area contributed by atoms with Gasteiger partial charge in [-0.05, 0) is 60.5 Å². The first-order valence-electron chi connectivity index (χ1n) is 13.5. The number of esters is 4. The molecule has 0 radical (unpaired) electrons. The highest BCUT2D eigenvalue weighted by Crippen LogP contribution is 2.44. The zero-order valence-electron chi connectivity index (χ0n) is 25.7. The summed E-state index contributed by atoms with van der Waals surface area (Å²) < 4.78 is 28.3. The zero-order chi connectivity index (χ0) is 31.9. The van der Waals surface area contributed by atoms with E-state index >= 15 is 0 Å². The Balaban J connectivity index is 3.73. The van der Waals surface area contributed by atoms with Crippen LogP contribution in [-0.2, 0) is 42.9 Å². The second-order valence-electron chi connectivity index (χ2n) is 11.0. The van der Waals surface area contributed by atoms with Crippen molar-refractivity contribution in [1.29, 1.82) is 0 Å². The van der Waals surface area contributed by atoms with E-state index in [0.717, 1.165) is 6.92 Å². The molecule has 0 bridgehead atoms. The number of methoxy groups -OCH3 is 1. The third-order valence-electron chi connectivity index (χ3n) is 7.59. The van der Waals surface area contributed by atoms with E-state index < -0.39 is 70.8 Å². The molecule has 1 rings (SSSR count). The first kappa shape index (κ1) is 36.3. The van der Waals surface area contributed by atoms with Crippen molar-refractivity contribution < 1.29 is 48.0 Å². The Hall–Kier alpha value is -2.69. The van der Waals surface area contributed by atoms with Gasteiger partial charge in [0, 0.05) is 44.4 Å². The summed E-state index contributed by atoms with van der Waals surface area (Å²) in [6, 6.07) is 0. The van der Waals surface area contributed by atoms with E-state index in [1.165, 1.54) is 21.0 Å². The number of carbonyl (C=O) groups is 4. The van der Waals surface area contributed by atoms with E-state index in [4.69, 9.17) is 35.3 Å². The van der Waals surface area contributed by atoms with Crippen molar-refractivity contribution in [3.05, 3.63) is 35.5 Å². The topological polar surface area (TPSA) is 135 Å². The molecule has 11 heteroatoms. The molecule has 41 heavy (non-hydrogen) atoms. The van der Waals surface area contributed by atoms with Gasteiger partial charge in [0.1, 0.15) is 23.9 Å². The summed E-state index contributed by atoms with van der Waals surface area (Å²) in [6.07, 6.45) is -1.49. The average Bonchev–Trinajstić information content (AvgIpc) is 2.89. The molecule has 1 saturated carbocycles. The SMILES string of the molecule is C=C([C@@H](C[C@H](OC(C)=O)C(C)(C)OC)OC(=O)/C(C)=C\C)[C@@H]1C[C@@H](Cl)[C@](C)(O)[C@H](OC(C)=O)[C@@H]1OC(=O)/C(C)=C\C. The molecule has 0 aliphatic heterocycles. The molecule has 0 amide bonds. The van der Waals surface area contributed by atoms with Crippen molar-refractivity contribution >= 4 is 35.5 Å². The number of hydrogen-bond donors (Lipinski definition) is 1. The van der Waals surface area contributed by atoms with Crippen LogP contribution < -0.4 is 0 Å². The standard InChI is InChI=1S/C30H45ClO10/c1-12-16(3)27(34)40-22(15-24(38-19(6)32)29(8,9)37-11)18(5)21-14-23(31)30(10,36)26(39-20(7)33)25(21)41-28(35)17(4)13-2/h12-13,21-26,36H,5,14-15H2,1-4,6-11H3/b16-12-,17-13-/t21-,22+,23+,24-,25+,26+,30-/m0/s1. The number of aliphatic hydroxyl groups is 1. The van der Waals surface area contributed by atoms with Crippen LogP contribution in [0, 0.1) is 5.92 Å². The molecule has 1 aliphatic rings. The quantitative estimate of drug-likeness (QED) is 0.113. The molecule has 1 aliphatic carbocycles. The smallest absolute Gasteiger partial charge is 0.333 e. The molecule has 0 unspecified atom stereocenters. The molecule has 0 saturated heterocycles. The van der Waals surface area contributed by atoms with Crippen molar-refractivity contribution in [2.75, 3.05) is 7.11 Å². The molecule has 232 valence electrons. The van der Waals surface area contributed by atoms with Gasteiger partial charge in [0.2, 0.25) is 0 Å². The highest BCUT2D eigenvalue weighted by Gasteiger charge is 2.56. The van der Waals surface area contributed by atoms with Crippen LogP contribution >= 0.6 is 11.6 Å². The number of carbonyl (C=O) groups excluding carboxylic acids is 4. The summed E-state index contributed by atoms with van der Waals surface area (Å²) in [5.74, 6) is -3.48. The maximum atomic E-state index is 13.0. The van der Waals surface area contributed by atoms with E-state index in [-0.39, 0.29) is 24.0 Å². The van der Waals surface area contributed by atoms with E-state index in [1.807, 2.05) is 0 Å². The molecule has 0 heterocycles. The van der Waals surface area contributed by atoms with E-state index in [0.29, 0.717) is 5.57 Å². The fraction of sp³-hybridized carbons (Fsp3) is 0.667. The maximum absolute atomic E-state index is 13.0. The Morgan fingerprint density at radius 1 is 1.00 bits per heavy atom. The van der Waals surface area contributed by atoms with Crippen LogP contribution in [0.25, 0.3) is 0 Å². The first-order chi connectivity index (χ1) is 18.8. The third kappa shape index (κ3) is 9.41. The van der Waals surface area contributed by atoms with E-state index in [1.54, 1.807) is 53.7 Å². The second kappa shape index (κ2) is 15.0. The lowest BCUT2D eigenvalue weighted by Crippen LogP contribution is -2.63. The molecular weight excluding hydrogens is 556 g/mol. The summed E-state index contributed by atoms with van der Waals surface area (Å²) >= 11 is 6.63. The van der Waals surface area contributed by atoms with Crippen LogP contribution in [0.4, 0.5) is 0 Å². The van der Waals surface area contributed by atoms with Gasteiger partial charge in [0.05, 0.1) is 11.0 Å². The van der Waals surface area contributed by atoms with Crippen LogP contribution in [0.15, 0.2) is 35.5 Å². The number of rotatable bonds is 12. The average molecular weight is 601 g/mol. The lowest BCUT2D eigenvalue weighted by atomic mass is 9.70. The summed E-state index contributed by atoms with van der Waals surface area (Å²) in [4.78, 5) is 50.0. The highest BCUT2D eigenvalue weighted by molar-refractivity contribution is 6.21. The summed E-state index contributed by atoms with van der Waals surface area (Å²) in [7, 11) is 1.46. The lowest BCUT2D eigenvalue weighted by Gasteiger charge is -2.48. The van der Waals surface area contributed by atoms with E-state index in [2.05, 4.69) is 6.58 Å². The number of hydrogen-bond acceptors (Lipinski definition) is 10. The van der Waals surface area contributed by atoms with Crippen LogP contribution in [-0.4, -0.2) is 77.1 Å². The number of alkyl halides is 1. The number of allylic oxidation sites excluding steroid dienone is 2. The van der Waals surface area contributed by atoms with E-state index in [9.17, 15) is 24.3 Å². The van der Waals surface area contributed by atoms with Gasteiger partial charge < -0.3 is 28.8 Å². The Bertz CT molecular complexity index is 1060. The predicted octanol–water partition coefficient (Wildman–Crippen LogP) is 4.36. The molecular formula is C30H45ClO10. The van der Waals surface area contributed by atoms with Gasteiger partial charge in [-0.25, -0.2) is 9.59 Å². The van der Waals surface area contributed by atoms with Crippen molar-refractivity contribution in [3.8, 4) is 0 Å². The molecule has 10 nitrogen and oxygen atoms in total. The van der Waals surface area contributed by atoms with Gasteiger partial charge in [-0.15, -0.1) is 11.6 Å². The fourth-order valence-electron chi connectivity index (χ4n) is 4.38. The Labute approximate surface area is 248 Å². The Kier molecular flexibility index (Phi) is 13.3. The zero-order valence-corrected chi connectivity index (χ0v) is 26.5. The summed E-state index contributed by atoms with van der Waals surface area (Å²) in [6.45, 7) is 17.9. The molecule has 1 N–H and O–H groups in total. The van der Waals surface area contributed by atoms with Gasteiger partial charge in [-0.2, -0.15) is 0 Å². The first-order valence-corrected chi connectivity index (χ1v) is 13.9. The van der Waals surface area contributed by atoms with Gasteiger partial charge in [-0.3, -0.25) is 9.59 Å². The minimum absolute atomic E-state index is 0.0283. The molecule has 7 atom stereocenters. The number of ether oxygens (including phenoxy) is 5. The maximum Gasteiger partial charge on any atom is 0.333 e. The minimum atomic E-state index is -1.79. The monoisotopic (exact) mass is 600 g/mol. The predicted molar refractivity (Wildman–Crippen MR) is 153 cm³/mol.